The fourth-order valence-electron chi connectivity index (χ4n) is 1.11. The molecular weight excluding hydrogens is 204 g/mol. The molecule has 0 N–H and O–H groups in total. The number of hydrogen-bond acceptors (Lipinski definition) is 5. The third kappa shape index (κ3) is 2.76. The Morgan fingerprint density at radius 3 is 2.64 bits per heavy atom. The molecule has 0 radical (unpaired) electrons. The van der Waals surface area contributed by atoms with Gasteiger partial charge in [0.1, 0.15) is 0 Å². The molecule has 0 aliphatic heterocycles. The van der Waals surface area contributed by atoms with E-state index in [-0.39, 0.29) is 5.16 Å². The lowest BCUT2D eigenvalue weighted by molar-refractivity contribution is 0.493. The molecule has 0 amide bonds. The summed E-state index contributed by atoms with van der Waals surface area (Å²) in [5.74, 6) is 0. The Balaban J connectivity index is 2.74. The van der Waals surface area contributed by atoms with E-state index in [9.17, 15) is 8.42 Å². The maximum absolute atomic E-state index is 11.2. The highest BCUT2D eigenvalue weighted by atomic mass is 32.2. The average molecular weight is 218 g/mol. The van der Waals surface area contributed by atoms with Crippen molar-refractivity contribution >= 4 is 9.84 Å². The summed E-state index contributed by atoms with van der Waals surface area (Å²) in [4.78, 5) is 0. The Morgan fingerprint density at radius 2 is 2.07 bits per heavy atom. The Labute approximate surface area is 83.2 Å². The molecular formula is C7H14N4O2S. The van der Waals surface area contributed by atoms with Crippen molar-refractivity contribution in [3.63, 3.8) is 0 Å². The molecule has 7 heteroatoms. The van der Waals surface area contributed by atoms with Gasteiger partial charge in [0.25, 0.3) is 5.16 Å². The molecule has 0 bridgehead atoms. The highest BCUT2D eigenvalue weighted by molar-refractivity contribution is 7.90. The summed E-state index contributed by atoms with van der Waals surface area (Å²) >= 11 is 0. The molecule has 0 fully saturated rings. The molecule has 1 aromatic rings. The molecule has 0 aromatic carbocycles. The summed E-state index contributed by atoms with van der Waals surface area (Å²) in [5.41, 5.74) is 0. The van der Waals surface area contributed by atoms with Crippen LogP contribution < -0.4 is 0 Å². The van der Waals surface area contributed by atoms with Gasteiger partial charge in [-0.15, -0.1) is 0 Å². The lowest BCUT2D eigenvalue weighted by Gasteiger charge is -2.01. The summed E-state index contributed by atoms with van der Waals surface area (Å²) in [6, 6.07) is 0. The maximum Gasteiger partial charge on any atom is 0.267 e. The van der Waals surface area contributed by atoms with Crippen LogP contribution in [0.1, 0.15) is 26.2 Å². The van der Waals surface area contributed by atoms with Gasteiger partial charge < -0.3 is 0 Å². The Bertz CT molecular complexity index is 384. The van der Waals surface area contributed by atoms with Crippen molar-refractivity contribution in [2.24, 2.45) is 0 Å². The van der Waals surface area contributed by atoms with Crippen molar-refractivity contribution in [3.8, 4) is 0 Å². The van der Waals surface area contributed by atoms with Crippen LogP contribution in [0.15, 0.2) is 5.16 Å². The van der Waals surface area contributed by atoms with Crippen LogP contribution in [-0.2, 0) is 16.4 Å². The summed E-state index contributed by atoms with van der Waals surface area (Å²) in [7, 11) is -3.30. The third-order valence-electron chi connectivity index (χ3n) is 1.80. The van der Waals surface area contributed by atoms with Gasteiger partial charge in [-0.3, -0.25) is 0 Å². The minimum absolute atomic E-state index is 0.0476. The van der Waals surface area contributed by atoms with E-state index in [0.717, 1.165) is 25.5 Å². The summed E-state index contributed by atoms with van der Waals surface area (Å²) < 4.78 is 23.7. The molecule has 1 aromatic heterocycles. The van der Waals surface area contributed by atoms with Crippen molar-refractivity contribution in [2.45, 2.75) is 37.9 Å². The van der Waals surface area contributed by atoms with E-state index in [1.807, 2.05) is 0 Å². The number of nitrogens with zero attached hydrogens (tertiary/aromatic N) is 4. The van der Waals surface area contributed by atoms with Crippen molar-refractivity contribution in [1.29, 1.82) is 0 Å². The van der Waals surface area contributed by atoms with Crippen molar-refractivity contribution in [1.82, 2.24) is 20.2 Å². The first kappa shape index (κ1) is 11.1. The standard InChI is InChI=1S/C7H14N4O2S/c1-3-4-5-6-11-7(8-9-10-11)14(2,12)13/h3-6H2,1-2H3. The lowest BCUT2D eigenvalue weighted by atomic mass is 10.2. The van der Waals surface area contributed by atoms with E-state index in [1.54, 1.807) is 0 Å². The second-order valence-electron chi connectivity index (χ2n) is 3.16. The fraction of sp³-hybridized carbons (Fsp3) is 0.857. The molecule has 1 rings (SSSR count). The topological polar surface area (TPSA) is 77.7 Å². The van der Waals surface area contributed by atoms with E-state index in [1.165, 1.54) is 4.68 Å². The number of rotatable bonds is 5. The molecule has 0 spiro atoms. The zero-order chi connectivity index (χ0) is 10.6. The van der Waals surface area contributed by atoms with Crippen LogP contribution >= 0.6 is 0 Å². The smallest absolute Gasteiger partial charge is 0.221 e. The number of aryl methyl sites for hydroxylation is 1. The van der Waals surface area contributed by atoms with Gasteiger partial charge in [0.05, 0.1) is 0 Å². The Morgan fingerprint density at radius 1 is 1.36 bits per heavy atom. The zero-order valence-electron chi connectivity index (χ0n) is 8.34. The molecule has 0 saturated heterocycles. The predicted octanol–water partition coefficient (Wildman–Crippen LogP) is 0.267. The van der Waals surface area contributed by atoms with Gasteiger partial charge in [-0.25, -0.2) is 13.1 Å². The number of tetrazole rings is 1. The second kappa shape index (κ2) is 4.50. The largest absolute Gasteiger partial charge is 0.267 e. The zero-order valence-corrected chi connectivity index (χ0v) is 9.16. The number of sulfone groups is 1. The predicted molar refractivity (Wildman–Crippen MR) is 50.5 cm³/mol. The Kier molecular flexibility index (Phi) is 3.56. The summed E-state index contributed by atoms with van der Waals surface area (Å²) in [6.07, 6.45) is 4.12. The van der Waals surface area contributed by atoms with E-state index < -0.39 is 9.84 Å². The van der Waals surface area contributed by atoms with Crippen LogP contribution in [0.5, 0.6) is 0 Å². The van der Waals surface area contributed by atoms with Gasteiger partial charge in [0, 0.05) is 12.8 Å². The fourth-order valence-corrected chi connectivity index (χ4v) is 1.81. The van der Waals surface area contributed by atoms with Crippen LogP contribution in [0.4, 0.5) is 0 Å². The number of aromatic nitrogens is 4. The van der Waals surface area contributed by atoms with E-state index in [0.29, 0.717) is 6.54 Å². The molecule has 0 atom stereocenters. The van der Waals surface area contributed by atoms with Gasteiger partial charge in [-0.1, -0.05) is 24.9 Å². The first-order valence-corrected chi connectivity index (χ1v) is 6.41. The average Bonchev–Trinajstić information content (AvgIpc) is 2.52. The number of unbranched alkanes of at least 4 members (excludes halogenated alkanes) is 2. The SMILES string of the molecule is CCCCCn1nnnc1S(C)(=O)=O. The molecule has 0 unspecified atom stereocenters. The molecule has 0 aliphatic rings. The maximum atomic E-state index is 11.2. The first-order valence-electron chi connectivity index (χ1n) is 4.52. The van der Waals surface area contributed by atoms with Crippen molar-refractivity contribution < 1.29 is 8.42 Å². The summed E-state index contributed by atoms with van der Waals surface area (Å²) in [6.45, 7) is 2.64. The van der Waals surface area contributed by atoms with Gasteiger partial charge in [-0.05, 0) is 16.8 Å². The van der Waals surface area contributed by atoms with Gasteiger partial charge in [0.2, 0.25) is 9.84 Å². The molecule has 1 heterocycles. The highest BCUT2D eigenvalue weighted by Gasteiger charge is 2.16. The minimum Gasteiger partial charge on any atom is -0.221 e. The van der Waals surface area contributed by atoms with Crippen LogP contribution in [0.2, 0.25) is 0 Å². The number of hydrogen-bond donors (Lipinski definition) is 0. The quantitative estimate of drug-likeness (QED) is 0.663. The van der Waals surface area contributed by atoms with E-state index in [4.69, 9.17) is 0 Å². The van der Waals surface area contributed by atoms with E-state index >= 15 is 0 Å². The second-order valence-corrected chi connectivity index (χ2v) is 5.07. The third-order valence-corrected chi connectivity index (χ3v) is 2.76. The summed E-state index contributed by atoms with van der Waals surface area (Å²) in [5, 5.41) is 10.4. The molecule has 0 aliphatic carbocycles. The van der Waals surface area contributed by atoms with Crippen LogP contribution in [0, 0.1) is 0 Å². The minimum atomic E-state index is -3.30. The van der Waals surface area contributed by atoms with Crippen LogP contribution in [0.3, 0.4) is 0 Å². The first-order chi connectivity index (χ1) is 6.55. The van der Waals surface area contributed by atoms with Gasteiger partial charge in [0.15, 0.2) is 0 Å². The van der Waals surface area contributed by atoms with Crippen LogP contribution in [-0.4, -0.2) is 34.9 Å². The van der Waals surface area contributed by atoms with Crippen molar-refractivity contribution in [3.05, 3.63) is 0 Å². The molecule has 80 valence electrons. The Hall–Kier alpha value is -0.980. The normalized spacial score (nSPS) is 11.9. The lowest BCUT2D eigenvalue weighted by Crippen LogP contribution is -2.10. The van der Waals surface area contributed by atoms with Gasteiger partial charge >= 0.3 is 0 Å². The highest BCUT2D eigenvalue weighted by Crippen LogP contribution is 2.04. The van der Waals surface area contributed by atoms with Crippen molar-refractivity contribution in [2.75, 3.05) is 6.26 Å². The van der Waals surface area contributed by atoms with Crippen LogP contribution in [0.25, 0.3) is 0 Å². The monoisotopic (exact) mass is 218 g/mol. The van der Waals surface area contributed by atoms with Gasteiger partial charge in [-0.2, -0.15) is 0 Å². The van der Waals surface area contributed by atoms with E-state index in [2.05, 4.69) is 22.4 Å². The molecule has 14 heavy (non-hydrogen) atoms. The molecule has 6 nitrogen and oxygen atoms in total. The molecule has 0 saturated carbocycles.